The van der Waals surface area contributed by atoms with Crippen LogP contribution in [0.1, 0.15) is 45.2 Å². The predicted octanol–water partition coefficient (Wildman–Crippen LogP) is 1.16. The lowest BCUT2D eigenvalue weighted by Gasteiger charge is -2.26. The van der Waals surface area contributed by atoms with Gasteiger partial charge < -0.3 is 24.5 Å². The van der Waals surface area contributed by atoms with Gasteiger partial charge in [-0.2, -0.15) is 12.6 Å². The van der Waals surface area contributed by atoms with Crippen LogP contribution >= 0.6 is 12.6 Å². The van der Waals surface area contributed by atoms with Gasteiger partial charge in [-0.05, 0) is 31.1 Å². The highest BCUT2D eigenvalue weighted by molar-refractivity contribution is 7.80. The molecule has 0 unspecified atom stereocenters. The summed E-state index contributed by atoms with van der Waals surface area (Å²) in [6.07, 6.45) is 4.57. The molecule has 0 saturated heterocycles. The van der Waals surface area contributed by atoms with Crippen LogP contribution in [-0.4, -0.2) is 58.7 Å². The largest absolute Gasteiger partial charge is 0.473 e. The molecule has 3 atom stereocenters. The smallest absolute Gasteiger partial charge is 0.329 e. The molecule has 4 bridgehead atoms. The minimum atomic E-state index is -1.24. The number of rotatable bonds is 4. The van der Waals surface area contributed by atoms with Crippen molar-refractivity contribution in [3.63, 3.8) is 0 Å². The summed E-state index contributed by atoms with van der Waals surface area (Å²) in [6, 6.07) is -0.922. The van der Waals surface area contributed by atoms with Gasteiger partial charge in [-0.25, -0.2) is 14.8 Å². The number of ether oxygens (including phenoxy) is 2. The molecule has 0 spiro atoms. The lowest BCUT2D eigenvalue weighted by Crippen LogP contribution is -2.53. The van der Waals surface area contributed by atoms with Gasteiger partial charge in [0.2, 0.25) is 17.7 Å². The lowest BCUT2D eigenvalue weighted by atomic mass is 10.00. The second kappa shape index (κ2) is 10.2. The Morgan fingerprint density at radius 2 is 2.12 bits per heavy atom. The van der Waals surface area contributed by atoms with Crippen molar-refractivity contribution in [2.24, 2.45) is 10.9 Å². The Bertz CT molecular complexity index is 927. The average molecular weight is 465 g/mol. The Kier molecular flexibility index (Phi) is 7.60. The number of fused-ring (bicyclic) bond motifs is 4. The van der Waals surface area contributed by atoms with Gasteiger partial charge in [0.15, 0.2) is 11.2 Å². The number of carbonyl (C=O) groups excluding carboxylic acids is 3. The first-order valence-electron chi connectivity index (χ1n) is 10.4. The number of nitrogens with one attached hydrogen (secondary N) is 2. The second-order valence-electron chi connectivity index (χ2n) is 8.20. The molecular weight excluding hydrogens is 436 g/mol. The molecule has 1 aromatic rings. The van der Waals surface area contributed by atoms with E-state index in [1.54, 1.807) is 32.9 Å². The lowest BCUT2D eigenvalue weighted by molar-refractivity contribution is -0.153. The van der Waals surface area contributed by atoms with Gasteiger partial charge in [0.1, 0.15) is 25.0 Å². The standard InChI is InChI=1S/C21H28N4O6S/c1-12(2)17-19(27)31-13(6-4-5-7-32)8-15(26)22-9-16-23-14(10-29-16)18-25-21(3,11-30-18)20(28)24-17/h4,6,10,12-13,17,32H,5,7-9,11H2,1-3H3,(H,22,26)(H,24,28)/t13-,17+,21+/m1/s1. The molecule has 0 saturated carbocycles. The van der Waals surface area contributed by atoms with Crippen LogP contribution in [0.5, 0.6) is 0 Å². The van der Waals surface area contributed by atoms with Crippen molar-refractivity contribution >= 4 is 36.3 Å². The monoisotopic (exact) mass is 464 g/mol. The third-order valence-electron chi connectivity index (χ3n) is 5.04. The van der Waals surface area contributed by atoms with E-state index in [4.69, 9.17) is 13.9 Å². The van der Waals surface area contributed by atoms with Crippen molar-refractivity contribution in [1.82, 2.24) is 15.6 Å². The highest BCUT2D eigenvalue weighted by Gasteiger charge is 2.43. The number of thiol groups is 1. The minimum absolute atomic E-state index is 0.0119. The molecule has 2 aliphatic heterocycles. The van der Waals surface area contributed by atoms with Gasteiger partial charge in [-0.15, -0.1) is 0 Å². The SMILES string of the molecule is CC(C)[C@@H]1NC(=O)[C@]2(C)COC(=N2)c2coc(n2)CNC(=O)C[C@@H](C=CCCS)OC1=O. The molecule has 0 radical (unpaired) electrons. The number of hydrogen-bond donors (Lipinski definition) is 3. The van der Waals surface area contributed by atoms with E-state index in [1.807, 2.05) is 0 Å². The second-order valence-corrected chi connectivity index (χ2v) is 8.64. The van der Waals surface area contributed by atoms with Crippen LogP contribution in [0.25, 0.3) is 0 Å². The van der Waals surface area contributed by atoms with Crippen LogP contribution in [0.4, 0.5) is 0 Å². The summed E-state index contributed by atoms with van der Waals surface area (Å²) in [5.41, 5.74) is -0.913. The number of cyclic esters (lactones) is 1. The van der Waals surface area contributed by atoms with E-state index >= 15 is 0 Å². The van der Waals surface area contributed by atoms with Gasteiger partial charge in [0.05, 0.1) is 13.0 Å². The highest BCUT2D eigenvalue weighted by Crippen LogP contribution is 2.23. The van der Waals surface area contributed by atoms with Crippen molar-refractivity contribution in [3.8, 4) is 0 Å². The van der Waals surface area contributed by atoms with Crippen LogP contribution in [0.2, 0.25) is 0 Å². The Hall–Kier alpha value is -2.82. The van der Waals surface area contributed by atoms with Crippen molar-refractivity contribution in [1.29, 1.82) is 0 Å². The maximum Gasteiger partial charge on any atom is 0.329 e. The summed E-state index contributed by atoms with van der Waals surface area (Å²) in [4.78, 5) is 47.0. The van der Waals surface area contributed by atoms with Gasteiger partial charge in [-0.3, -0.25) is 9.59 Å². The minimum Gasteiger partial charge on any atom is -0.473 e. The summed E-state index contributed by atoms with van der Waals surface area (Å²) >= 11 is 4.16. The van der Waals surface area contributed by atoms with Crippen LogP contribution in [0.3, 0.4) is 0 Å². The first-order chi connectivity index (χ1) is 15.2. The Balaban J connectivity index is 1.92. The van der Waals surface area contributed by atoms with Gasteiger partial charge in [0.25, 0.3) is 5.91 Å². The maximum absolute atomic E-state index is 13.0. The average Bonchev–Trinajstić information content (AvgIpc) is 3.37. The zero-order valence-corrected chi connectivity index (χ0v) is 19.2. The topological polar surface area (TPSA) is 132 Å². The molecule has 2 amide bonds. The molecule has 174 valence electrons. The summed E-state index contributed by atoms with van der Waals surface area (Å²) in [5, 5.41) is 5.43. The number of esters is 1. The molecule has 2 N–H and O–H groups in total. The highest BCUT2D eigenvalue weighted by atomic mass is 32.1. The van der Waals surface area contributed by atoms with Crippen molar-refractivity contribution < 1.29 is 28.3 Å². The van der Waals surface area contributed by atoms with Crippen LogP contribution in [-0.2, 0) is 30.4 Å². The van der Waals surface area contributed by atoms with E-state index in [9.17, 15) is 14.4 Å². The number of nitrogens with zero attached hydrogens (tertiary/aromatic N) is 2. The third-order valence-corrected chi connectivity index (χ3v) is 5.30. The number of hydrogen-bond acceptors (Lipinski definition) is 9. The molecule has 2 aliphatic rings. The van der Waals surface area contributed by atoms with Crippen molar-refractivity contribution in [3.05, 3.63) is 30.0 Å². The Labute approximate surface area is 191 Å². The summed E-state index contributed by atoms with van der Waals surface area (Å²) in [5.74, 6) is -0.678. The molecule has 32 heavy (non-hydrogen) atoms. The Morgan fingerprint density at radius 3 is 2.84 bits per heavy atom. The van der Waals surface area contributed by atoms with Gasteiger partial charge >= 0.3 is 5.97 Å². The number of oxazole rings is 1. The first kappa shape index (κ1) is 23.8. The normalized spacial score (nSPS) is 27.0. The zero-order chi connectivity index (χ0) is 23.3. The number of aliphatic imine (C=N–C) groups is 1. The first-order valence-corrected chi connectivity index (χ1v) is 11.1. The molecule has 3 heterocycles. The fraction of sp³-hybridized carbons (Fsp3) is 0.571. The number of aromatic nitrogens is 1. The molecule has 0 aliphatic carbocycles. The molecule has 10 nitrogen and oxygen atoms in total. The van der Waals surface area contributed by atoms with E-state index in [-0.39, 0.29) is 43.2 Å². The molecule has 3 rings (SSSR count). The zero-order valence-electron chi connectivity index (χ0n) is 18.3. The van der Waals surface area contributed by atoms with Crippen LogP contribution in [0.15, 0.2) is 27.8 Å². The molecular formula is C21H28N4O6S. The van der Waals surface area contributed by atoms with Gasteiger partial charge in [0, 0.05) is 0 Å². The predicted molar refractivity (Wildman–Crippen MR) is 118 cm³/mol. The molecule has 0 fully saturated rings. The number of allylic oxidation sites excluding steroid dienone is 1. The third kappa shape index (κ3) is 5.70. The summed E-state index contributed by atoms with van der Waals surface area (Å²) in [6.45, 7) is 5.23. The van der Waals surface area contributed by atoms with E-state index in [0.717, 1.165) is 0 Å². The molecule has 0 aromatic carbocycles. The van der Waals surface area contributed by atoms with Crippen LogP contribution in [0, 0.1) is 5.92 Å². The quantitative estimate of drug-likeness (QED) is 0.346. The Morgan fingerprint density at radius 1 is 1.34 bits per heavy atom. The fourth-order valence-corrected chi connectivity index (χ4v) is 3.30. The van der Waals surface area contributed by atoms with Crippen molar-refractivity contribution in [2.75, 3.05) is 12.4 Å². The van der Waals surface area contributed by atoms with Crippen LogP contribution < -0.4 is 10.6 Å². The molecule has 1 aromatic heterocycles. The van der Waals surface area contributed by atoms with Crippen molar-refractivity contribution in [2.45, 2.75) is 57.8 Å². The van der Waals surface area contributed by atoms with Gasteiger partial charge in [-0.1, -0.05) is 19.9 Å². The number of carbonyl (C=O) groups is 3. The summed E-state index contributed by atoms with van der Waals surface area (Å²) in [7, 11) is 0. The maximum atomic E-state index is 13.0. The van der Waals surface area contributed by atoms with E-state index < -0.39 is 29.6 Å². The fourth-order valence-electron chi connectivity index (χ4n) is 3.15. The van der Waals surface area contributed by atoms with E-state index in [2.05, 4.69) is 33.2 Å². The summed E-state index contributed by atoms with van der Waals surface area (Å²) < 4.78 is 16.6. The van der Waals surface area contributed by atoms with E-state index in [1.165, 1.54) is 6.26 Å². The number of amides is 2. The molecule has 11 heteroatoms. The van der Waals surface area contributed by atoms with E-state index in [0.29, 0.717) is 17.9 Å².